The molecule has 2 aromatic rings. The van der Waals surface area contributed by atoms with Gasteiger partial charge in [0.1, 0.15) is 11.9 Å². The smallest absolute Gasteiger partial charge is 0.145 e. The van der Waals surface area contributed by atoms with E-state index in [1.807, 2.05) is 19.1 Å². The lowest BCUT2D eigenvalue weighted by atomic mass is 10.1. The molecular weight excluding hydrogens is 310 g/mol. The van der Waals surface area contributed by atoms with Crippen LogP contribution in [-0.4, -0.2) is 0 Å². The predicted octanol–water partition coefficient (Wildman–Crippen LogP) is 4.85. The molecule has 5 heteroatoms. The van der Waals surface area contributed by atoms with E-state index >= 15 is 0 Å². The van der Waals surface area contributed by atoms with Gasteiger partial charge in [0.2, 0.25) is 0 Å². The highest BCUT2D eigenvalue weighted by atomic mass is 35.5. The van der Waals surface area contributed by atoms with Crippen LogP contribution >= 0.6 is 23.2 Å². The van der Waals surface area contributed by atoms with Gasteiger partial charge in [-0.25, -0.2) is 4.39 Å². The fraction of sp³-hybridized carbons (Fsp3) is 0.188. The number of rotatable bonds is 4. The fourth-order valence-corrected chi connectivity index (χ4v) is 2.60. The first-order valence-corrected chi connectivity index (χ1v) is 7.14. The van der Waals surface area contributed by atoms with E-state index in [4.69, 9.17) is 28.5 Å². The van der Waals surface area contributed by atoms with E-state index in [-0.39, 0.29) is 11.6 Å². The summed E-state index contributed by atoms with van der Waals surface area (Å²) < 4.78 is 14.0. The van der Waals surface area contributed by atoms with Crippen molar-refractivity contribution in [3.05, 3.63) is 69.0 Å². The molecule has 2 aromatic carbocycles. The third-order valence-electron chi connectivity index (χ3n) is 3.23. The van der Waals surface area contributed by atoms with Gasteiger partial charge in [0, 0.05) is 28.2 Å². The van der Waals surface area contributed by atoms with Crippen molar-refractivity contribution in [2.24, 2.45) is 0 Å². The Kier molecular flexibility index (Phi) is 5.19. The Balaban J connectivity index is 2.11. The Bertz CT molecular complexity index is 695. The summed E-state index contributed by atoms with van der Waals surface area (Å²) in [7, 11) is 0. The second kappa shape index (κ2) is 6.91. The van der Waals surface area contributed by atoms with Gasteiger partial charge in [-0.3, -0.25) is 0 Å². The van der Waals surface area contributed by atoms with Crippen LogP contribution < -0.4 is 5.32 Å². The summed E-state index contributed by atoms with van der Waals surface area (Å²) in [6.07, 6.45) is 0. The van der Waals surface area contributed by atoms with Gasteiger partial charge >= 0.3 is 0 Å². The first-order chi connectivity index (χ1) is 10.0. The molecular formula is C16H13Cl2FN2. The number of nitrogens with one attached hydrogen (secondary N) is 1. The maximum Gasteiger partial charge on any atom is 0.145 e. The van der Waals surface area contributed by atoms with E-state index in [9.17, 15) is 4.39 Å². The van der Waals surface area contributed by atoms with E-state index in [1.54, 1.807) is 24.3 Å². The summed E-state index contributed by atoms with van der Waals surface area (Å²) in [4.78, 5) is 0. The second-order valence-electron chi connectivity index (χ2n) is 4.66. The number of nitriles is 1. The van der Waals surface area contributed by atoms with Crippen LogP contribution in [0.25, 0.3) is 0 Å². The normalized spacial score (nSPS) is 12.0. The largest absolute Gasteiger partial charge is 0.306 e. The van der Waals surface area contributed by atoms with Crippen molar-refractivity contribution in [1.29, 1.82) is 5.26 Å². The van der Waals surface area contributed by atoms with Crippen molar-refractivity contribution in [1.82, 2.24) is 5.32 Å². The van der Waals surface area contributed by atoms with Crippen molar-refractivity contribution in [2.75, 3.05) is 0 Å². The van der Waals surface area contributed by atoms with Crippen LogP contribution in [0.15, 0.2) is 36.4 Å². The number of hydrogen-bond donors (Lipinski definition) is 1. The fourth-order valence-electron chi connectivity index (χ4n) is 2.03. The van der Waals surface area contributed by atoms with Gasteiger partial charge in [-0.05, 0) is 30.7 Å². The van der Waals surface area contributed by atoms with Gasteiger partial charge in [0.25, 0.3) is 0 Å². The topological polar surface area (TPSA) is 35.8 Å². The highest BCUT2D eigenvalue weighted by molar-refractivity contribution is 6.35. The zero-order valence-corrected chi connectivity index (χ0v) is 12.8. The van der Waals surface area contributed by atoms with Crippen molar-refractivity contribution in [3.63, 3.8) is 0 Å². The molecule has 0 radical (unpaired) electrons. The average molecular weight is 323 g/mol. The molecule has 1 atom stereocenters. The molecule has 0 aliphatic rings. The Morgan fingerprint density at radius 1 is 1.29 bits per heavy atom. The van der Waals surface area contributed by atoms with Crippen molar-refractivity contribution >= 4 is 23.2 Å². The molecule has 0 saturated heterocycles. The Morgan fingerprint density at radius 2 is 2.05 bits per heavy atom. The lowest BCUT2D eigenvalue weighted by Crippen LogP contribution is -2.19. The summed E-state index contributed by atoms with van der Waals surface area (Å²) >= 11 is 12.0. The molecule has 0 saturated carbocycles. The maximum absolute atomic E-state index is 14.0. The van der Waals surface area contributed by atoms with E-state index < -0.39 is 5.82 Å². The van der Waals surface area contributed by atoms with Gasteiger partial charge in [0.05, 0.1) is 5.56 Å². The molecule has 0 spiro atoms. The van der Waals surface area contributed by atoms with E-state index in [1.165, 1.54) is 6.07 Å². The maximum atomic E-state index is 14.0. The Hall–Kier alpha value is -1.60. The molecule has 2 nitrogen and oxygen atoms in total. The number of nitrogens with zero attached hydrogens (tertiary/aromatic N) is 1. The molecule has 0 aliphatic heterocycles. The van der Waals surface area contributed by atoms with E-state index in [0.717, 1.165) is 5.56 Å². The lowest BCUT2D eigenvalue weighted by Gasteiger charge is -2.16. The quantitative estimate of drug-likeness (QED) is 0.872. The third kappa shape index (κ3) is 3.74. The molecule has 0 bridgehead atoms. The minimum atomic E-state index is -0.484. The summed E-state index contributed by atoms with van der Waals surface area (Å²) in [5, 5.41) is 13.1. The Morgan fingerprint density at radius 3 is 2.71 bits per heavy atom. The standard InChI is InChI=1S/C16H13Cl2FN2/c1-10(14-6-5-13(17)7-15(14)18)21-9-12-4-2-3-11(8-20)16(12)19/h2-7,10,21H,9H2,1H3. The van der Waals surface area contributed by atoms with Gasteiger partial charge in [0.15, 0.2) is 0 Å². The van der Waals surface area contributed by atoms with Crippen molar-refractivity contribution in [2.45, 2.75) is 19.5 Å². The Labute approximate surface area is 133 Å². The molecule has 21 heavy (non-hydrogen) atoms. The SMILES string of the molecule is CC(NCc1cccc(C#N)c1F)c1ccc(Cl)cc1Cl. The van der Waals surface area contributed by atoms with Crippen LogP contribution in [0.5, 0.6) is 0 Å². The molecule has 0 aliphatic carbocycles. The molecule has 108 valence electrons. The average Bonchev–Trinajstić information content (AvgIpc) is 2.46. The summed E-state index contributed by atoms with van der Waals surface area (Å²) in [5.41, 5.74) is 1.38. The summed E-state index contributed by atoms with van der Waals surface area (Å²) in [6.45, 7) is 2.24. The van der Waals surface area contributed by atoms with E-state index in [2.05, 4.69) is 5.32 Å². The molecule has 1 N–H and O–H groups in total. The van der Waals surface area contributed by atoms with Crippen LogP contribution in [0.1, 0.15) is 29.7 Å². The number of hydrogen-bond acceptors (Lipinski definition) is 2. The zero-order valence-electron chi connectivity index (χ0n) is 11.3. The van der Waals surface area contributed by atoms with Gasteiger partial charge in [-0.2, -0.15) is 5.26 Å². The van der Waals surface area contributed by atoms with Crippen molar-refractivity contribution in [3.8, 4) is 6.07 Å². The highest BCUT2D eigenvalue weighted by Gasteiger charge is 2.12. The van der Waals surface area contributed by atoms with Gasteiger partial charge in [-0.15, -0.1) is 0 Å². The van der Waals surface area contributed by atoms with Crippen LogP contribution in [-0.2, 0) is 6.54 Å². The van der Waals surface area contributed by atoms with Crippen LogP contribution in [0.4, 0.5) is 4.39 Å². The van der Waals surface area contributed by atoms with Crippen LogP contribution in [0, 0.1) is 17.1 Å². The lowest BCUT2D eigenvalue weighted by molar-refractivity contribution is 0.543. The molecule has 2 rings (SSSR count). The third-order valence-corrected chi connectivity index (χ3v) is 3.79. The monoisotopic (exact) mass is 322 g/mol. The summed E-state index contributed by atoms with van der Waals surface area (Å²) in [6, 6.07) is 11.8. The van der Waals surface area contributed by atoms with Crippen LogP contribution in [0.2, 0.25) is 10.0 Å². The summed E-state index contributed by atoms with van der Waals surface area (Å²) in [5.74, 6) is -0.484. The minimum absolute atomic E-state index is 0.0477. The number of benzene rings is 2. The molecule has 0 aromatic heterocycles. The van der Waals surface area contributed by atoms with Crippen LogP contribution in [0.3, 0.4) is 0 Å². The molecule has 1 unspecified atom stereocenters. The first-order valence-electron chi connectivity index (χ1n) is 6.38. The van der Waals surface area contributed by atoms with E-state index in [0.29, 0.717) is 22.2 Å². The number of halogens is 3. The highest BCUT2D eigenvalue weighted by Crippen LogP contribution is 2.26. The zero-order chi connectivity index (χ0) is 15.4. The molecule has 0 amide bonds. The molecule has 0 heterocycles. The second-order valence-corrected chi connectivity index (χ2v) is 5.50. The molecule has 0 fully saturated rings. The van der Waals surface area contributed by atoms with Crippen molar-refractivity contribution < 1.29 is 4.39 Å². The first kappa shape index (κ1) is 15.8. The van der Waals surface area contributed by atoms with Gasteiger partial charge < -0.3 is 5.32 Å². The predicted molar refractivity (Wildman–Crippen MR) is 82.8 cm³/mol. The minimum Gasteiger partial charge on any atom is -0.306 e. The van der Waals surface area contributed by atoms with Gasteiger partial charge in [-0.1, -0.05) is 41.4 Å².